The topological polar surface area (TPSA) is 15.3 Å². The Kier molecular flexibility index (Phi) is 7.25. The summed E-state index contributed by atoms with van der Waals surface area (Å²) in [6.07, 6.45) is 8.22. The first kappa shape index (κ1) is 16.5. The molecule has 1 N–H and O–H groups in total. The minimum atomic E-state index is 0.487. The van der Waals surface area contributed by atoms with Crippen molar-refractivity contribution in [2.75, 3.05) is 26.7 Å². The molecule has 2 nitrogen and oxygen atoms in total. The maximum atomic E-state index is 3.48. The predicted molar refractivity (Wildman–Crippen MR) is 91.5 cm³/mol. The molecule has 0 amide bonds. The first-order valence-corrected chi connectivity index (χ1v) is 8.78. The second-order valence-corrected chi connectivity index (χ2v) is 6.47. The molecule has 2 rings (SSSR count). The summed E-state index contributed by atoms with van der Waals surface area (Å²) in [6, 6.07) is 11.3. The van der Waals surface area contributed by atoms with Crippen LogP contribution in [-0.4, -0.2) is 31.6 Å². The summed E-state index contributed by atoms with van der Waals surface area (Å²) in [6.45, 7) is 6.14. The number of rotatable bonds is 7. The van der Waals surface area contributed by atoms with Crippen molar-refractivity contribution in [2.45, 2.75) is 51.5 Å². The Hall–Kier alpha value is -0.860. The van der Waals surface area contributed by atoms with Crippen LogP contribution in [0.2, 0.25) is 0 Å². The molecule has 118 valence electrons. The molecule has 0 aromatic heterocycles. The van der Waals surface area contributed by atoms with Crippen LogP contribution in [0.4, 0.5) is 0 Å². The van der Waals surface area contributed by atoms with Gasteiger partial charge in [-0.3, -0.25) is 0 Å². The third kappa shape index (κ3) is 5.44. The lowest BCUT2D eigenvalue weighted by Gasteiger charge is -2.24. The molecule has 0 radical (unpaired) electrons. The zero-order valence-electron chi connectivity index (χ0n) is 13.9. The highest BCUT2D eigenvalue weighted by Crippen LogP contribution is 2.23. The van der Waals surface area contributed by atoms with Crippen LogP contribution in [0.15, 0.2) is 30.3 Å². The van der Waals surface area contributed by atoms with E-state index in [-0.39, 0.29) is 0 Å². The van der Waals surface area contributed by atoms with E-state index in [1.807, 2.05) is 0 Å². The zero-order valence-corrected chi connectivity index (χ0v) is 13.9. The number of nitrogens with one attached hydrogen (secondary N) is 1. The Labute approximate surface area is 130 Å². The molecule has 0 saturated carbocycles. The van der Waals surface area contributed by atoms with Crippen molar-refractivity contribution in [1.82, 2.24) is 10.2 Å². The van der Waals surface area contributed by atoms with Gasteiger partial charge in [0.05, 0.1) is 0 Å². The van der Waals surface area contributed by atoms with Gasteiger partial charge in [-0.15, -0.1) is 0 Å². The van der Waals surface area contributed by atoms with Crippen molar-refractivity contribution in [2.24, 2.45) is 5.92 Å². The Morgan fingerprint density at radius 1 is 1.19 bits per heavy atom. The predicted octanol–water partition coefficient (Wildman–Crippen LogP) is 4.24. The van der Waals surface area contributed by atoms with Gasteiger partial charge in [-0.05, 0) is 63.8 Å². The van der Waals surface area contributed by atoms with Crippen LogP contribution >= 0.6 is 0 Å². The fraction of sp³-hybridized carbons (Fsp3) is 0.684. The van der Waals surface area contributed by atoms with Crippen LogP contribution in [0.25, 0.3) is 0 Å². The molecule has 0 aliphatic carbocycles. The van der Waals surface area contributed by atoms with Crippen LogP contribution in [0.3, 0.4) is 0 Å². The smallest absolute Gasteiger partial charge is 0.0329 e. The first-order valence-electron chi connectivity index (χ1n) is 8.78. The standard InChI is InChI=1S/C19H32N2/c1-3-8-17-9-7-14-21(15-12-17)16-13-19(20-2)18-10-5-4-6-11-18/h4-6,10-11,17,19-20H,3,7-9,12-16H2,1-2H3. The number of hydrogen-bond acceptors (Lipinski definition) is 2. The van der Waals surface area contributed by atoms with Crippen molar-refractivity contribution in [1.29, 1.82) is 0 Å². The van der Waals surface area contributed by atoms with Gasteiger partial charge in [-0.2, -0.15) is 0 Å². The van der Waals surface area contributed by atoms with E-state index in [4.69, 9.17) is 0 Å². The molecular weight excluding hydrogens is 256 g/mol. The minimum absolute atomic E-state index is 0.487. The summed E-state index contributed by atoms with van der Waals surface area (Å²) in [5.41, 5.74) is 1.42. The van der Waals surface area contributed by atoms with Gasteiger partial charge in [0.25, 0.3) is 0 Å². The second kappa shape index (κ2) is 9.22. The van der Waals surface area contributed by atoms with E-state index in [2.05, 4.69) is 54.5 Å². The molecule has 21 heavy (non-hydrogen) atoms. The highest BCUT2D eigenvalue weighted by Gasteiger charge is 2.17. The summed E-state index contributed by atoms with van der Waals surface area (Å²) in [5, 5.41) is 3.48. The summed E-state index contributed by atoms with van der Waals surface area (Å²) >= 11 is 0. The summed E-state index contributed by atoms with van der Waals surface area (Å²) in [7, 11) is 2.08. The van der Waals surface area contributed by atoms with Crippen molar-refractivity contribution in [3.05, 3.63) is 35.9 Å². The van der Waals surface area contributed by atoms with Crippen LogP contribution < -0.4 is 5.32 Å². The molecule has 1 aliphatic heterocycles. The average Bonchev–Trinajstić information content (AvgIpc) is 2.75. The van der Waals surface area contributed by atoms with E-state index < -0.39 is 0 Å². The molecule has 1 aromatic carbocycles. The highest BCUT2D eigenvalue weighted by atomic mass is 15.1. The maximum Gasteiger partial charge on any atom is 0.0329 e. The van der Waals surface area contributed by atoms with E-state index in [9.17, 15) is 0 Å². The monoisotopic (exact) mass is 288 g/mol. The minimum Gasteiger partial charge on any atom is -0.313 e. The Bertz CT molecular complexity index is 376. The van der Waals surface area contributed by atoms with Gasteiger partial charge in [-0.25, -0.2) is 0 Å². The fourth-order valence-electron chi connectivity index (χ4n) is 3.62. The quantitative estimate of drug-likeness (QED) is 0.807. The average molecular weight is 288 g/mol. The van der Waals surface area contributed by atoms with Crippen LogP contribution in [-0.2, 0) is 0 Å². The largest absolute Gasteiger partial charge is 0.313 e. The maximum absolute atomic E-state index is 3.48. The second-order valence-electron chi connectivity index (χ2n) is 6.47. The van der Waals surface area contributed by atoms with E-state index in [0.29, 0.717) is 6.04 Å². The summed E-state index contributed by atoms with van der Waals surface area (Å²) in [4.78, 5) is 2.68. The number of nitrogens with zero attached hydrogens (tertiary/aromatic N) is 1. The zero-order chi connectivity index (χ0) is 14.9. The SMILES string of the molecule is CCCC1CCCN(CCC(NC)c2ccccc2)CC1. The van der Waals surface area contributed by atoms with Crippen molar-refractivity contribution >= 4 is 0 Å². The molecule has 1 aromatic rings. The van der Waals surface area contributed by atoms with E-state index in [0.717, 1.165) is 5.92 Å². The third-order valence-electron chi connectivity index (χ3n) is 4.92. The highest BCUT2D eigenvalue weighted by molar-refractivity contribution is 5.18. The molecule has 1 fully saturated rings. The number of hydrogen-bond donors (Lipinski definition) is 1. The molecule has 0 spiro atoms. The van der Waals surface area contributed by atoms with Gasteiger partial charge in [0.15, 0.2) is 0 Å². The molecule has 2 heteroatoms. The van der Waals surface area contributed by atoms with Crippen molar-refractivity contribution in [3.63, 3.8) is 0 Å². The third-order valence-corrected chi connectivity index (χ3v) is 4.92. The van der Waals surface area contributed by atoms with Crippen LogP contribution in [0.5, 0.6) is 0 Å². The fourth-order valence-corrected chi connectivity index (χ4v) is 3.62. The molecule has 1 heterocycles. The summed E-state index contributed by atoms with van der Waals surface area (Å²) in [5.74, 6) is 0.981. The van der Waals surface area contributed by atoms with E-state index >= 15 is 0 Å². The van der Waals surface area contributed by atoms with E-state index in [1.165, 1.54) is 63.7 Å². The normalized spacial score (nSPS) is 21.9. The molecule has 1 aliphatic rings. The molecule has 1 saturated heterocycles. The van der Waals surface area contributed by atoms with Gasteiger partial charge >= 0.3 is 0 Å². The first-order chi connectivity index (χ1) is 10.3. The number of benzene rings is 1. The Balaban J connectivity index is 1.79. The van der Waals surface area contributed by atoms with Crippen molar-refractivity contribution in [3.8, 4) is 0 Å². The molecular formula is C19H32N2. The lowest BCUT2D eigenvalue weighted by atomic mass is 9.96. The lowest BCUT2D eigenvalue weighted by Crippen LogP contribution is -2.29. The molecule has 2 unspecified atom stereocenters. The van der Waals surface area contributed by atoms with Gasteiger partial charge in [0, 0.05) is 6.04 Å². The van der Waals surface area contributed by atoms with Gasteiger partial charge < -0.3 is 10.2 Å². The van der Waals surface area contributed by atoms with Gasteiger partial charge in [0.2, 0.25) is 0 Å². The van der Waals surface area contributed by atoms with Gasteiger partial charge in [0.1, 0.15) is 0 Å². The van der Waals surface area contributed by atoms with Crippen LogP contribution in [0, 0.1) is 5.92 Å². The molecule has 0 bridgehead atoms. The van der Waals surface area contributed by atoms with Crippen molar-refractivity contribution < 1.29 is 0 Å². The van der Waals surface area contributed by atoms with Crippen LogP contribution in [0.1, 0.15) is 57.1 Å². The summed E-state index contributed by atoms with van der Waals surface area (Å²) < 4.78 is 0. The Morgan fingerprint density at radius 3 is 2.71 bits per heavy atom. The van der Waals surface area contributed by atoms with Gasteiger partial charge in [-0.1, -0.05) is 50.1 Å². The molecule has 2 atom stereocenters. The number of likely N-dealkylation sites (tertiary alicyclic amines) is 1. The lowest BCUT2D eigenvalue weighted by molar-refractivity contribution is 0.263. The Morgan fingerprint density at radius 2 is 2.00 bits per heavy atom. The van der Waals surface area contributed by atoms with E-state index in [1.54, 1.807) is 0 Å².